The summed E-state index contributed by atoms with van der Waals surface area (Å²) < 4.78 is 0. The summed E-state index contributed by atoms with van der Waals surface area (Å²) in [5.41, 5.74) is 1.17. The summed E-state index contributed by atoms with van der Waals surface area (Å²) in [5, 5.41) is 6.12. The minimum Gasteiger partial charge on any atom is -0.373 e. The summed E-state index contributed by atoms with van der Waals surface area (Å²) in [5.74, 6) is 2.74. The summed E-state index contributed by atoms with van der Waals surface area (Å²) in [6.07, 6.45) is 2.17. The molecule has 0 saturated carbocycles. The first-order chi connectivity index (χ1) is 9.01. The van der Waals surface area contributed by atoms with Gasteiger partial charge in [0.2, 0.25) is 0 Å². The van der Waals surface area contributed by atoms with Gasteiger partial charge in [0.1, 0.15) is 17.5 Å². The third-order valence-electron chi connectivity index (χ3n) is 2.61. The standard InChI is InChI=1S/C10H18N4.C4H11N/c1-6-8-9(11-3)12-7(2)13-10(8)14(4)5;1-3-4-5-2/h6H2,1-5H3,(H,11,12,13);5H,3-4H2,1-2H3. The third-order valence-corrected chi connectivity index (χ3v) is 2.61. The topological polar surface area (TPSA) is 53.1 Å². The van der Waals surface area contributed by atoms with Gasteiger partial charge in [0.15, 0.2) is 0 Å². The monoisotopic (exact) mass is 267 g/mol. The van der Waals surface area contributed by atoms with E-state index < -0.39 is 0 Å². The molecular formula is C14H29N5. The highest BCUT2D eigenvalue weighted by Crippen LogP contribution is 2.22. The van der Waals surface area contributed by atoms with Crippen LogP contribution in [0.2, 0.25) is 0 Å². The van der Waals surface area contributed by atoms with Crippen LogP contribution in [0.3, 0.4) is 0 Å². The molecule has 0 bridgehead atoms. The van der Waals surface area contributed by atoms with Gasteiger partial charge in [-0.2, -0.15) is 0 Å². The number of nitrogens with zero attached hydrogens (tertiary/aromatic N) is 3. The van der Waals surface area contributed by atoms with E-state index in [-0.39, 0.29) is 0 Å². The summed E-state index contributed by atoms with van der Waals surface area (Å²) in [7, 11) is 7.85. The molecule has 0 amide bonds. The number of aryl methyl sites for hydroxylation is 1. The van der Waals surface area contributed by atoms with Gasteiger partial charge >= 0.3 is 0 Å². The van der Waals surface area contributed by atoms with E-state index in [9.17, 15) is 0 Å². The van der Waals surface area contributed by atoms with Crippen LogP contribution in [0.5, 0.6) is 0 Å². The Balaban J connectivity index is 0.000000555. The van der Waals surface area contributed by atoms with Crippen molar-refractivity contribution in [3.05, 3.63) is 11.4 Å². The minimum atomic E-state index is 0.801. The Morgan fingerprint density at radius 2 is 1.74 bits per heavy atom. The van der Waals surface area contributed by atoms with Crippen LogP contribution in [0.1, 0.15) is 31.7 Å². The van der Waals surface area contributed by atoms with E-state index in [0.29, 0.717) is 0 Å². The first-order valence-corrected chi connectivity index (χ1v) is 6.88. The fourth-order valence-corrected chi connectivity index (χ4v) is 1.73. The summed E-state index contributed by atoms with van der Waals surface area (Å²) in [4.78, 5) is 10.8. The van der Waals surface area contributed by atoms with Gasteiger partial charge in [-0.05, 0) is 33.4 Å². The zero-order valence-electron chi connectivity index (χ0n) is 13.5. The molecule has 1 aromatic heterocycles. The van der Waals surface area contributed by atoms with Gasteiger partial charge < -0.3 is 15.5 Å². The highest BCUT2D eigenvalue weighted by atomic mass is 15.2. The molecule has 110 valence electrons. The molecule has 0 aliphatic carbocycles. The smallest absolute Gasteiger partial charge is 0.137 e. The van der Waals surface area contributed by atoms with Crippen molar-refractivity contribution < 1.29 is 0 Å². The highest BCUT2D eigenvalue weighted by Gasteiger charge is 2.11. The van der Waals surface area contributed by atoms with Crippen LogP contribution in [0, 0.1) is 6.92 Å². The van der Waals surface area contributed by atoms with Crippen molar-refractivity contribution in [2.24, 2.45) is 0 Å². The second kappa shape index (κ2) is 9.55. The predicted molar refractivity (Wildman–Crippen MR) is 84.2 cm³/mol. The average Bonchev–Trinajstić information content (AvgIpc) is 2.39. The van der Waals surface area contributed by atoms with E-state index in [1.165, 1.54) is 12.0 Å². The van der Waals surface area contributed by atoms with Gasteiger partial charge in [0, 0.05) is 26.7 Å². The highest BCUT2D eigenvalue weighted by molar-refractivity contribution is 5.58. The zero-order chi connectivity index (χ0) is 14.8. The van der Waals surface area contributed by atoms with Crippen molar-refractivity contribution in [3.8, 4) is 0 Å². The molecule has 1 aromatic rings. The molecule has 19 heavy (non-hydrogen) atoms. The third kappa shape index (κ3) is 5.87. The molecule has 0 unspecified atom stereocenters. The first kappa shape index (κ1) is 17.6. The number of rotatable bonds is 5. The number of hydrogen-bond donors (Lipinski definition) is 2. The molecule has 0 aliphatic heterocycles. The predicted octanol–water partition coefficient (Wildman–Crippen LogP) is 2.07. The largest absolute Gasteiger partial charge is 0.373 e. The maximum Gasteiger partial charge on any atom is 0.137 e. The molecule has 2 N–H and O–H groups in total. The molecule has 0 spiro atoms. The van der Waals surface area contributed by atoms with Crippen molar-refractivity contribution in [3.63, 3.8) is 0 Å². The van der Waals surface area contributed by atoms with Crippen molar-refractivity contribution in [1.29, 1.82) is 0 Å². The Labute approximate surface area is 117 Å². The number of anilines is 2. The van der Waals surface area contributed by atoms with Crippen molar-refractivity contribution in [2.75, 3.05) is 45.0 Å². The van der Waals surface area contributed by atoms with Crippen molar-refractivity contribution in [2.45, 2.75) is 33.6 Å². The first-order valence-electron chi connectivity index (χ1n) is 6.88. The fourth-order valence-electron chi connectivity index (χ4n) is 1.73. The quantitative estimate of drug-likeness (QED) is 0.855. The summed E-state index contributed by atoms with van der Waals surface area (Å²) in [6.45, 7) is 7.31. The van der Waals surface area contributed by atoms with Crippen molar-refractivity contribution in [1.82, 2.24) is 15.3 Å². The van der Waals surface area contributed by atoms with E-state index in [2.05, 4.69) is 34.4 Å². The molecule has 0 saturated heterocycles. The molecule has 0 radical (unpaired) electrons. The van der Waals surface area contributed by atoms with E-state index in [0.717, 1.165) is 30.4 Å². The van der Waals surface area contributed by atoms with Gasteiger partial charge in [0.05, 0.1) is 0 Å². The Morgan fingerprint density at radius 3 is 2.05 bits per heavy atom. The fraction of sp³-hybridized carbons (Fsp3) is 0.714. The molecule has 1 rings (SSSR count). The van der Waals surface area contributed by atoms with E-state index in [1.807, 2.05) is 40.0 Å². The normalized spacial score (nSPS) is 9.63. The van der Waals surface area contributed by atoms with Crippen LogP contribution in [-0.2, 0) is 6.42 Å². The number of aromatic nitrogens is 2. The minimum absolute atomic E-state index is 0.801. The SMILES string of the molecule is CCCNC.CCc1c(NC)nc(C)nc1N(C)C. The Kier molecular flexibility index (Phi) is 8.87. The zero-order valence-corrected chi connectivity index (χ0v) is 13.5. The second-order valence-electron chi connectivity index (χ2n) is 4.52. The number of nitrogens with one attached hydrogen (secondary N) is 2. The van der Waals surface area contributed by atoms with Gasteiger partial charge in [-0.15, -0.1) is 0 Å². The molecule has 0 atom stereocenters. The molecule has 0 aromatic carbocycles. The second-order valence-corrected chi connectivity index (χ2v) is 4.52. The van der Waals surface area contributed by atoms with Gasteiger partial charge in [-0.3, -0.25) is 0 Å². The maximum atomic E-state index is 4.43. The maximum absolute atomic E-state index is 4.43. The van der Waals surface area contributed by atoms with E-state index in [4.69, 9.17) is 0 Å². The van der Waals surface area contributed by atoms with Crippen LogP contribution in [0.25, 0.3) is 0 Å². The van der Waals surface area contributed by atoms with Gasteiger partial charge in [-0.1, -0.05) is 13.8 Å². The van der Waals surface area contributed by atoms with Crippen LogP contribution >= 0.6 is 0 Å². The van der Waals surface area contributed by atoms with Gasteiger partial charge in [-0.25, -0.2) is 9.97 Å². The Bertz CT molecular complexity index is 361. The lowest BCUT2D eigenvalue weighted by atomic mass is 10.2. The molecule has 5 nitrogen and oxygen atoms in total. The van der Waals surface area contributed by atoms with Crippen molar-refractivity contribution >= 4 is 11.6 Å². The molecule has 0 aliphatic rings. The van der Waals surface area contributed by atoms with Crippen LogP contribution in [0.15, 0.2) is 0 Å². The molecule has 1 heterocycles. The average molecular weight is 267 g/mol. The number of hydrogen-bond acceptors (Lipinski definition) is 5. The Morgan fingerprint density at radius 1 is 1.11 bits per heavy atom. The Hall–Kier alpha value is -1.36. The molecular weight excluding hydrogens is 238 g/mol. The molecule has 5 heteroatoms. The lowest BCUT2D eigenvalue weighted by Crippen LogP contribution is -2.16. The lowest BCUT2D eigenvalue weighted by molar-refractivity contribution is 0.772. The lowest BCUT2D eigenvalue weighted by Gasteiger charge is -2.18. The van der Waals surface area contributed by atoms with E-state index in [1.54, 1.807) is 0 Å². The molecule has 0 fully saturated rings. The summed E-state index contributed by atoms with van der Waals surface area (Å²) in [6, 6.07) is 0. The van der Waals surface area contributed by atoms with Gasteiger partial charge in [0.25, 0.3) is 0 Å². The van der Waals surface area contributed by atoms with Crippen LogP contribution in [-0.4, -0.2) is 44.7 Å². The van der Waals surface area contributed by atoms with Crippen LogP contribution < -0.4 is 15.5 Å². The summed E-state index contributed by atoms with van der Waals surface area (Å²) >= 11 is 0. The van der Waals surface area contributed by atoms with E-state index >= 15 is 0 Å². The van der Waals surface area contributed by atoms with Crippen LogP contribution in [0.4, 0.5) is 11.6 Å².